The van der Waals surface area contributed by atoms with E-state index < -0.39 is 5.92 Å². The maximum absolute atomic E-state index is 12.5. The zero-order valence-electron chi connectivity index (χ0n) is 12.7. The normalized spacial score (nSPS) is 22.7. The number of aryl methyl sites for hydroxylation is 2. The van der Waals surface area contributed by atoms with Crippen LogP contribution in [-0.4, -0.2) is 23.6 Å². The Hall–Kier alpha value is -0.610. The number of hydrogen-bond donors (Lipinski definition) is 0. The summed E-state index contributed by atoms with van der Waals surface area (Å²) in [6, 6.07) is 3.98. The van der Waals surface area contributed by atoms with Crippen LogP contribution in [0.15, 0.2) is 16.6 Å². The van der Waals surface area contributed by atoms with Crippen LogP contribution in [0.5, 0.6) is 0 Å². The second kappa shape index (κ2) is 7.10. The van der Waals surface area contributed by atoms with Crippen molar-refractivity contribution in [3.8, 4) is 0 Å². The number of halogens is 1. The van der Waals surface area contributed by atoms with Gasteiger partial charge in [-0.05, 0) is 67.0 Å². The van der Waals surface area contributed by atoms with Gasteiger partial charge in [-0.1, -0.05) is 15.9 Å². The zero-order valence-corrected chi connectivity index (χ0v) is 15.1. The van der Waals surface area contributed by atoms with Gasteiger partial charge in [0.05, 0.1) is 0 Å². The van der Waals surface area contributed by atoms with Crippen LogP contribution < -0.4 is 0 Å². The molecule has 0 unspecified atom stereocenters. The van der Waals surface area contributed by atoms with Crippen molar-refractivity contribution < 1.29 is 9.59 Å². The molecule has 2 rings (SSSR count). The first-order valence-electron chi connectivity index (χ1n) is 7.25. The molecule has 0 radical (unpaired) electrons. The molecule has 0 aliphatic heterocycles. The van der Waals surface area contributed by atoms with Gasteiger partial charge in [-0.25, -0.2) is 0 Å². The smallest absolute Gasteiger partial charge is 0.148 e. The number of ketones is 2. The molecule has 0 saturated heterocycles. The highest BCUT2D eigenvalue weighted by Crippen LogP contribution is 2.36. The van der Waals surface area contributed by atoms with E-state index in [9.17, 15) is 9.59 Å². The van der Waals surface area contributed by atoms with Crippen molar-refractivity contribution >= 4 is 39.3 Å². The Morgan fingerprint density at radius 1 is 1.14 bits per heavy atom. The third kappa shape index (κ3) is 3.78. The molecule has 0 bridgehead atoms. The first-order chi connectivity index (χ1) is 9.93. The highest BCUT2D eigenvalue weighted by atomic mass is 79.9. The predicted octanol–water partition coefficient (Wildman–Crippen LogP) is 4.45. The van der Waals surface area contributed by atoms with E-state index in [4.69, 9.17) is 0 Å². The van der Waals surface area contributed by atoms with Crippen molar-refractivity contribution in [1.82, 2.24) is 0 Å². The largest absolute Gasteiger partial charge is 0.299 e. The van der Waals surface area contributed by atoms with Crippen LogP contribution >= 0.6 is 27.7 Å². The number of hydrogen-bond acceptors (Lipinski definition) is 3. The molecule has 0 aromatic heterocycles. The molecule has 0 spiro atoms. The van der Waals surface area contributed by atoms with Crippen LogP contribution in [0.3, 0.4) is 0 Å². The lowest BCUT2D eigenvalue weighted by atomic mass is 9.74. The van der Waals surface area contributed by atoms with E-state index in [0.717, 1.165) is 33.3 Å². The Bertz CT molecular complexity index is 527. The number of carbonyl (C=O) groups excluding carboxylic acids is 2. The fourth-order valence-corrected chi connectivity index (χ4v) is 4.50. The zero-order chi connectivity index (χ0) is 15.6. The van der Waals surface area contributed by atoms with E-state index in [2.05, 4.69) is 22.2 Å². The summed E-state index contributed by atoms with van der Waals surface area (Å²) < 4.78 is 0.995. The number of thioether (sulfide) groups is 1. The van der Waals surface area contributed by atoms with Crippen molar-refractivity contribution in [1.29, 1.82) is 0 Å². The molecular weight excluding hydrogens is 348 g/mol. The molecule has 1 aliphatic carbocycles. The average Bonchev–Trinajstić information content (AvgIpc) is 2.38. The van der Waals surface area contributed by atoms with Crippen molar-refractivity contribution in [2.75, 3.05) is 12.0 Å². The van der Waals surface area contributed by atoms with Gasteiger partial charge in [-0.15, -0.1) is 0 Å². The van der Waals surface area contributed by atoms with E-state index in [0.29, 0.717) is 12.8 Å². The quantitative estimate of drug-likeness (QED) is 0.736. The Labute approximate surface area is 139 Å². The minimum atomic E-state index is -0.538. The summed E-state index contributed by atoms with van der Waals surface area (Å²) in [5.41, 5.74) is 2.98. The molecule has 114 valence electrons. The van der Waals surface area contributed by atoms with Crippen molar-refractivity contribution in [2.45, 2.75) is 39.0 Å². The fraction of sp³-hybridized carbons (Fsp3) is 0.529. The van der Waals surface area contributed by atoms with Gasteiger partial charge < -0.3 is 0 Å². The SMILES string of the molecule is CSCCC1CC(=O)C(c2c(C)cc(Br)cc2C)C(=O)C1. The molecule has 4 heteroatoms. The molecule has 2 nitrogen and oxygen atoms in total. The van der Waals surface area contributed by atoms with Gasteiger partial charge in [-0.2, -0.15) is 11.8 Å². The van der Waals surface area contributed by atoms with Gasteiger partial charge in [-0.3, -0.25) is 9.59 Å². The highest BCUT2D eigenvalue weighted by molar-refractivity contribution is 9.10. The van der Waals surface area contributed by atoms with Crippen LogP contribution in [0.1, 0.15) is 41.9 Å². The summed E-state index contributed by atoms with van der Waals surface area (Å²) in [7, 11) is 0. The molecule has 1 aromatic carbocycles. The van der Waals surface area contributed by atoms with Crippen LogP contribution in [0.4, 0.5) is 0 Å². The highest BCUT2D eigenvalue weighted by Gasteiger charge is 2.37. The van der Waals surface area contributed by atoms with Gasteiger partial charge in [0.1, 0.15) is 17.5 Å². The molecule has 0 atom stereocenters. The van der Waals surface area contributed by atoms with Crippen molar-refractivity contribution in [3.05, 3.63) is 33.3 Å². The standard InChI is InChI=1S/C17H21BrO2S/c1-10-6-13(18)7-11(2)16(10)17-14(19)8-12(4-5-21-3)9-15(17)20/h6-7,12,17H,4-5,8-9H2,1-3H3. The Morgan fingerprint density at radius 3 is 2.14 bits per heavy atom. The van der Waals surface area contributed by atoms with Crippen LogP contribution in [-0.2, 0) is 9.59 Å². The van der Waals surface area contributed by atoms with E-state index in [1.165, 1.54) is 0 Å². The molecule has 0 heterocycles. The third-order valence-corrected chi connectivity index (χ3v) is 5.30. The molecule has 1 saturated carbocycles. The van der Waals surface area contributed by atoms with Gasteiger partial charge >= 0.3 is 0 Å². The maximum Gasteiger partial charge on any atom is 0.148 e. The Balaban J connectivity index is 2.26. The lowest BCUT2D eigenvalue weighted by Crippen LogP contribution is -2.33. The summed E-state index contributed by atoms with van der Waals surface area (Å²) >= 11 is 5.24. The maximum atomic E-state index is 12.5. The van der Waals surface area contributed by atoms with E-state index in [1.54, 1.807) is 11.8 Å². The van der Waals surface area contributed by atoms with Crippen molar-refractivity contribution in [3.63, 3.8) is 0 Å². The van der Waals surface area contributed by atoms with E-state index in [-0.39, 0.29) is 17.5 Å². The summed E-state index contributed by atoms with van der Waals surface area (Å²) in [4.78, 5) is 25.1. The lowest BCUT2D eigenvalue weighted by molar-refractivity contribution is -0.133. The van der Waals surface area contributed by atoms with Crippen molar-refractivity contribution in [2.24, 2.45) is 5.92 Å². The summed E-state index contributed by atoms with van der Waals surface area (Å²) in [5.74, 6) is 0.928. The number of rotatable bonds is 4. The number of Topliss-reactive ketones (excluding diaryl/α,β-unsaturated/α-hetero) is 2. The molecule has 21 heavy (non-hydrogen) atoms. The minimum absolute atomic E-state index is 0.103. The van der Waals surface area contributed by atoms with Gasteiger partial charge in [0, 0.05) is 17.3 Å². The molecule has 0 amide bonds. The minimum Gasteiger partial charge on any atom is -0.299 e. The molecule has 0 N–H and O–H groups in total. The van der Waals surface area contributed by atoms with Crippen LogP contribution in [0, 0.1) is 19.8 Å². The Kier molecular flexibility index (Phi) is 5.67. The predicted molar refractivity (Wildman–Crippen MR) is 92.1 cm³/mol. The summed E-state index contributed by atoms with van der Waals surface area (Å²) in [5, 5.41) is 0. The van der Waals surface area contributed by atoms with Crippen LogP contribution in [0.25, 0.3) is 0 Å². The van der Waals surface area contributed by atoms with E-state index >= 15 is 0 Å². The van der Waals surface area contributed by atoms with Gasteiger partial charge in [0.25, 0.3) is 0 Å². The van der Waals surface area contributed by atoms with Gasteiger partial charge in [0.15, 0.2) is 0 Å². The number of benzene rings is 1. The van der Waals surface area contributed by atoms with Crippen LogP contribution in [0.2, 0.25) is 0 Å². The molecule has 1 aliphatic rings. The molecule has 1 fully saturated rings. The second-order valence-corrected chi connectivity index (χ2v) is 7.78. The second-order valence-electron chi connectivity index (χ2n) is 5.87. The first-order valence-corrected chi connectivity index (χ1v) is 9.43. The summed E-state index contributed by atoms with van der Waals surface area (Å²) in [6.07, 6.45) is 4.12. The fourth-order valence-electron chi connectivity index (χ4n) is 3.24. The molecule has 1 aromatic rings. The van der Waals surface area contributed by atoms with E-state index in [1.807, 2.05) is 26.0 Å². The average molecular weight is 369 g/mol. The number of carbonyl (C=O) groups is 2. The first kappa shape index (κ1) is 16.8. The van der Waals surface area contributed by atoms with Gasteiger partial charge in [0.2, 0.25) is 0 Å². The molecular formula is C17H21BrO2S. The third-order valence-electron chi connectivity index (χ3n) is 4.20. The summed E-state index contributed by atoms with van der Waals surface area (Å²) in [6.45, 7) is 3.96. The monoisotopic (exact) mass is 368 g/mol. The lowest BCUT2D eigenvalue weighted by Gasteiger charge is -2.28. The topological polar surface area (TPSA) is 34.1 Å². The Morgan fingerprint density at radius 2 is 1.67 bits per heavy atom.